The number of rotatable bonds is 6. The van der Waals surface area contributed by atoms with E-state index >= 15 is 0 Å². The number of benzene rings is 2. The lowest BCUT2D eigenvalue weighted by atomic mass is 10.1. The van der Waals surface area contributed by atoms with Crippen LogP contribution in [0.3, 0.4) is 0 Å². The Balaban J connectivity index is 2.34. The number of ether oxygens (including phenoxy) is 1. The SMILES string of the molecule is CC[C@H](NS(=O)(=O)c1ccccc1OC(F)(F)F)c1ccccc1. The van der Waals surface area contributed by atoms with Crippen LogP contribution < -0.4 is 9.46 Å². The highest BCUT2D eigenvalue weighted by Gasteiger charge is 2.34. The highest BCUT2D eigenvalue weighted by molar-refractivity contribution is 7.89. The van der Waals surface area contributed by atoms with E-state index in [-0.39, 0.29) is 0 Å². The number of hydrogen-bond acceptors (Lipinski definition) is 3. The van der Waals surface area contributed by atoms with E-state index in [2.05, 4.69) is 9.46 Å². The molecule has 0 aliphatic carbocycles. The smallest absolute Gasteiger partial charge is 0.404 e. The Bertz CT molecular complexity index is 777. The second kappa shape index (κ2) is 7.23. The molecule has 2 aromatic rings. The molecule has 0 bridgehead atoms. The van der Waals surface area contributed by atoms with Gasteiger partial charge in [-0.2, -0.15) is 0 Å². The van der Waals surface area contributed by atoms with Gasteiger partial charge in [0.05, 0.1) is 0 Å². The zero-order valence-corrected chi connectivity index (χ0v) is 13.6. The lowest BCUT2D eigenvalue weighted by Gasteiger charge is -2.19. The Morgan fingerprint density at radius 1 is 1.04 bits per heavy atom. The highest BCUT2D eigenvalue weighted by atomic mass is 32.2. The molecule has 0 heterocycles. The summed E-state index contributed by atoms with van der Waals surface area (Å²) < 4.78 is 68.7. The monoisotopic (exact) mass is 359 g/mol. The minimum absolute atomic E-state index is 0.436. The van der Waals surface area contributed by atoms with Crippen LogP contribution in [-0.4, -0.2) is 14.8 Å². The van der Waals surface area contributed by atoms with Crippen LogP contribution in [-0.2, 0) is 10.0 Å². The van der Waals surface area contributed by atoms with E-state index in [1.54, 1.807) is 37.3 Å². The van der Waals surface area contributed by atoms with E-state index in [4.69, 9.17) is 0 Å². The normalized spacial score (nSPS) is 13.5. The molecule has 1 N–H and O–H groups in total. The van der Waals surface area contributed by atoms with Gasteiger partial charge in [-0.15, -0.1) is 13.2 Å². The fourth-order valence-corrected chi connectivity index (χ4v) is 3.64. The number of sulfonamides is 1. The predicted molar refractivity (Wildman–Crippen MR) is 82.9 cm³/mol. The molecule has 24 heavy (non-hydrogen) atoms. The Kier molecular flexibility index (Phi) is 5.51. The fraction of sp³-hybridized carbons (Fsp3) is 0.250. The van der Waals surface area contributed by atoms with E-state index in [9.17, 15) is 21.6 Å². The summed E-state index contributed by atoms with van der Waals surface area (Å²) >= 11 is 0. The lowest BCUT2D eigenvalue weighted by molar-refractivity contribution is -0.275. The van der Waals surface area contributed by atoms with E-state index in [1.807, 2.05) is 0 Å². The summed E-state index contributed by atoms with van der Waals surface area (Å²) in [6, 6.07) is 12.9. The zero-order chi connectivity index (χ0) is 17.8. The molecule has 0 saturated carbocycles. The molecular weight excluding hydrogens is 343 g/mol. The fourth-order valence-electron chi connectivity index (χ4n) is 2.20. The maximum Gasteiger partial charge on any atom is 0.573 e. The van der Waals surface area contributed by atoms with Gasteiger partial charge in [0.25, 0.3) is 0 Å². The maximum absolute atomic E-state index is 12.5. The molecule has 0 saturated heterocycles. The molecule has 0 spiro atoms. The number of hydrogen-bond donors (Lipinski definition) is 1. The summed E-state index contributed by atoms with van der Waals surface area (Å²) in [4.78, 5) is -0.559. The summed E-state index contributed by atoms with van der Waals surface area (Å²) in [5.74, 6) is -0.764. The van der Waals surface area contributed by atoms with Crippen molar-refractivity contribution in [3.63, 3.8) is 0 Å². The van der Waals surface area contributed by atoms with Gasteiger partial charge in [0.2, 0.25) is 10.0 Å². The molecule has 4 nitrogen and oxygen atoms in total. The predicted octanol–water partition coefficient (Wildman–Crippen LogP) is 4.01. The van der Waals surface area contributed by atoms with E-state index in [0.29, 0.717) is 6.42 Å². The van der Waals surface area contributed by atoms with Gasteiger partial charge in [0.15, 0.2) is 0 Å². The molecular formula is C16H16F3NO3S. The molecule has 0 unspecified atom stereocenters. The summed E-state index contributed by atoms with van der Waals surface area (Å²) in [7, 11) is -4.20. The number of para-hydroxylation sites is 1. The van der Waals surface area contributed by atoms with E-state index in [1.165, 1.54) is 12.1 Å². The molecule has 0 aliphatic rings. The average molecular weight is 359 g/mol. The Morgan fingerprint density at radius 3 is 2.21 bits per heavy atom. The van der Waals surface area contributed by atoms with Crippen molar-refractivity contribution in [2.45, 2.75) is 30.6 Å². The molecule has 0 amide bonds. The van der Waals surface area contributed by atoms with Crippen molar-refractivity contribution in [1.29, 1.82) is 0 Å². The van der Waals surface area contributed by atoms with Crippen LogP contribution in [0, 0.1) is 0 Å². The topological polar surface area (TPSA) is 55.4 Å². The van der Waals surface area contributed by atoms with Crippen molar-refractivity contribution in [1.82, 2.24) is 4.72 Å². The third kappa shape index (κ3) is 4.72. The number of halogens is 3. The maximum atomic E-state index is 12.5. The molecule has 0 radical (unpaired) electrons. The molecule has 1 atom stereocenters. The summed E-state index contributed by atoms with van der Waals surface area (Å²) in [6.45, 7) is 1.78. The second-order valence-electron chi connectivity index (χ2n) is 4.99. The molecule has 2 aromatic carbocycles. The van der Waals surface area contributed by atoms with Crippen LogP contribution in [0.25, 0.3) is 0 Å². The second-order valence-corrected chi connectivity index (χ2v) is 6.67. The summed E-state index contributed by atoms with van der Waals surface area (Å²) in [5, 5.41) is 0. The van der Waals surface area contributed by atoms with Gasteiger partial charge in [0, 0.05) is 6.04 Å². The summed E-state index contributed by atoms with van der Waals surface area (Å²) in [6.07, 6.45) is -4.54. The minimum Gasteiger partial charge on any atom is -0.404 e. The molecule has 0 fully saturated rings. The molecule has 130 valence electrons. The molecule has 8 heteroatoms. The van der Waals surface area contributed by atoms with Gasteiger partial charge < -0.3 is 4.74 Å². The highest BCUT2D eigenvalue weighted by Crippen LogP contribution is 2.30. The van der Waals surface area contributed by atoms with Crippen LogP contribution in [0.4, 0.5) is 13.2 Å². The van der Waals surface area contributed by atoms with Gasteiger partial charge in [-0.3, -0.25) is 0 Å². The largest absolute Gasteiger partial charge is 0.573 e. The first-order valence-electron chi connectivity index (χ1n) is 7.15. The van der Waals surface area contributed by atoms with Gasteiger partial charge >= 0.3 is 6.36 Å². The first kappa shape index (κ1) is 18.3. The quantitative estimate of drug-likeness (QED) is 0.848. The zero-order valence-electron chi connectivity index (χ0n) is 12.7. The van der Waals surface area contributed by atoms with Crippen molar-refractivity contribution in [3.8, 4) is 5.75 Å². The van der Waals surface area contributed by atoms with Gasteiger partial charge in [-0.05, 0) is 24.1 Å². The third-order valence-electron chi connectivity index (χ3n) is 3.27. The third-order valence-corrected chi connectivity index (χ3v) is 4.78. The van der Waals surface area contributed by atoms with Crippen LogP contribution in [0.5, 0.6) is 5.75 Å². The van der Waals surface area contributed by atoms with Crippen molar-refractivity contribution in [2.75, 3.05) is 0 Å². The minimum atomic E-state index is -4.98. The van der Waals surface area contributed by atoms with Gasteiger partial charge in [-0.1, -0.05) is 49.4 Å². The van der Waals surface area contributed by atoms with Gasteiger partial charge in [0.1, 0.15) is 10.6 Å². The Labute approximate surface area is 138 Å². The molecule has 2 rings (SSSR count). The Morgan fingerprint density at radius 2 is 1.62 bits per heavy atom. The van der Waals surface area contributed by atoms with Crippen LogP contribution in [0.15, 0.2) is 59.5 Å². The molecule has 0 aromatic heterocycles. The standard InChI is InChI=1S/C16H16F3NO3S/c1-2-13(12-8-4-3-5-9-12)20-24(21,22)15-11-7-6-10-14(15)23-16(17,18)19/h3-11,13,20H,2H2,1H3/t13-/m0/s1. The number of alkyl halides is 3. The summed E-state index contributed by atoms with van der Waals surface area (Å²) in [5.41, 5.74) is 0.720. The first-order chi connectivity index (χ1) is 11.2. The first-order valence-corrected chi connectivity index (χ1v) is 8.63. The lowest BCUT2D eigenvalue weighted by Crippen LogP contribution is -2.29. The van der Waals surface area contributed by atoms with Crippen molar-refractivity contribution in [2.24, 2.45) is 0 Å². The van der Waals surface area contributed by atoms with Crippen LogP contribution in [0.1, 0.15) is 24.9 Å². The van der Waals surface area contributed by atoms with E-state index in [0.717, 1.165) is 17.7 Å². The van der Waals surface area contributed by atoms with Crippen molar-refractivity contribution >= 4 is 10.0 Å². The van der Waals surface area contributed by atoms with Gasteiger partial charge in [-0.25, -0.2) is 13.1 Å². The van der Waals surface area contributed by atoms with Crippen LogP contribution >= 0.6 is 0 Å². The average Bonchev–Trinajstić information content (AvgIpc) is 2.52. The number of nitrogens with one attached hydrogen (secondary N) is 1. The molecule has 0 aliphatic heterocycles. The van der Waals surface area contributed by atoms with E-state index < -0.39 is 33.1 Å². The Hall–Kier alpha value is -2.06. The van der Waals surface area contributed by atoms with Crippen molar-refractivity contribution < 1.29 is 26.3 Å². The van der Waals surface area contributed by atoms with Crippen LogP contribution in [0.2, 0.25) is 0 Å². The van der Waals surface area contributed by atoms with Crippen molar-refractivity contribution in [3.05, 3.63) is 60.2 Å².